The van der Waals surface area contributed by atoms with Gasteiger partial charge in [0, 0.05) is 35.9 Å². The monoisotopic (exact) mass is 496 g/mol. The number of aromatic nitrogens is 4. The van der Waals surface area contributed by atoms with Gasteiger partial charge in [0.15, 0.2) is 0 Å². The lowest BCUT2D eigenvalue weighted by atomic mass is 10.2. The summed E-state index contributed by atoms with van der Waals surface area (Å²) in [4.78, 5) is 26.6. The van der Waals surface area contributed by atoms with Crippen LogP contribution in [-0.4, -0.2) is 49.7 Å². The van der Waals surface area contributed by atoms with E-state index in [0.717, 1.165) is 5.56 Å². The number of benzene rings is 2. The zero-order valence-corrected chi connectivity index (χ0v) is 20.0. The van der Waals surface area contributed by atoms with Gasteiger partial charge >= 0.3 is 0 Å². The number of anilines is 1. The van der Waals surface area contributed by atoms with Crippen LogP contribution in [0.2, 0.25) is 5.02 Å². The zero-order chi connectivity index (χ0) is 24.1. The van der Waals surface area contributed by atoms with Crippen molar-refractivity contribution in [2.24, 2.45) is 7.05 Å². The lowest BCUT2D eigenvalue weighted by molar-refractivity contribution is -0.113. The lowest BCUT2D eigenvalue weighted by Gasteiger charge is -2.16. The highest BCUT2D eigenvalue weighted by molar-refractivity contribution is 7.99. The number of rotatable bonds is 8. The average molecular weight is 497 g/mol. The third-order valence-corrected chi connectivity index (χ3v) is 6.12. The molecule has 0 fully saturated rings. The Labute approximate surface area is 205 Å². The maximum atomic E-state index is 12.8. The van der Waals surface area contributed by atoms with E-state index in [4.69, 9.17) is 16.0 Å². The van der Waals surface area contributed by atoms with Crippen molar-refractivity contribution in [1.82, 2.24) is 25.1 Å². The molecule has 2 aromatic heterocycles. The highest BCUT2D eigenvalue weighted by atomic mass is 35.5. The molecule has 0 saturated heterocycles. The molecular weight excluding hydrogens is 476 g/mol. The van der Waals surface area contributed by atoms with Crippen LogP contribution in [0.4, 0.5) is 5.69 Å². The Morgan fingerprint density at radius 1 is 1.09 bits per heavy atom. The van der Waals surface area contributed by atoms with Crippen LogP contribution in [0, 0.1) is 0 Å². The first-order valence-corrected chi connectivity index (χ1v) is 11.6. The van der Waals surface area contributed by atoms with Crippen molar-refractivity contribution in [3.63, 3.8) is 0 Å². The highest BCUT2D eigenvalue weighted by Crippen LogP contribution is 2.24. The summed E-state index contributed by atoms with van der Waals surface area (Å²) in [6.45, 7) is 0.318. The normalized spacial score (nSPS) is 10.8. The van der Waals surface area contributed by atoms with Crippen LogP contribution < -0.4 is 5.32 Å². The minimum Gasteiger partial charge on any atom is -0.459 e. The number of furan rings is 1. The first-order chi connectivity index (χ1) is 16.4. The summed E-state index contributed by atoms with van der Waals surface area (Å²) in [6.07, 6.45) is 0. The molecule has 4 aromatic rings. The van der Waals surface area contributed by atoms with Gasteiger partial charge in [-0.05, 0) is 71.1 Å². The minimum absolute atomic E-state index is 0.160. The summed E-state index contributed by atoms with van der Waals surface area (Å²) in [5.41, 5.74) is 2.01. The van der Waals surface area contributed by atoms with E-state index in [2.05, 4.69) is 20.8 Å². The molecule has 0 radical (unpaired) electrons. The molecule has 174 valence electrons. The Kier molecular flexibility index (Phi) is 7.29. The first kappa shape index (κ1) is 23.5. The largest absolute Gasteiger partial charge is 0.459 e. The van der Waals surface area contributed by atoms with Crippen LogP contribution in [-0.2, 0) is 18.4 Å². The SMILES string of the molecule is CN(Cc1ccc(-c2ccc(Cl)cc2)o1)C(=O)c1ccc(NC(=O)CSc2nnnn2C)cc1. The zero-order valence-electron chi connectivity index (χ0n) is 18.4. The quantitative estimate of drug-likeness (QED) is 0.365. The van der Waals surface area contributed by atoms with Gasteiger partial charge in [0.05, 0.1) is 12.3 Å². The number of hydrogen-bond donors (Lipinski definition) is 1. The molecule has 0 unspecified atom stereocenters. The molecule has 11 heteroatoms. The number of nitrogens with zero attached hydrogens (tertiary/aromatic N) is 5. The van der Waals surface area contributed by atoms with Crippen molar-refractivity contribution in [2.45, 2.75) is 11.7 Å². The van der Waals surface area contributed by atoms with Gasteiger partial charge < -0.3 is 14.6 Å². The summed E-state index contributed by atoms with van der Waals surface area (Å²) in [5, 5.41) is 15.1. The van der Waals surface area contributed by atoms with E-state index in [1.807, 2.05) is 24.3 Å². The second-order valence-electron chi connectivity index (χ2n) is 7.43. The van der Waals surface area contributed by atoms with Crippen LogP contribution in [0.1, 0.15) is 16.1 Å². The third kappa shape index (κ3) is 5.83. The van der Waals surface area contributed by atoms with Gasteiger partial charge in [0.1, 0.15) is 11.5 Å². The molecular formula is C23H21ClN6O3S. The van der Waals surface area contributed by atoms with Gasteiger partial charge in [-0.2, -0.15) is 0 Å². The van der Waals surface area contributed by atoms with Crippen molar-refractivity contribution in [2.75, 3.05) is 18.1 Å². The molecule has 2 heterocycles. The van der Waals surface area contributed by atoms with Gasteiger partial charge in [0.2, 0.25) is 11.1 Å². The average Bonchev–Trinajstić information content (AvgIpc) is 3.47. The number of hydrogen-bond acceptors (Lipinski definition) is 7. The van der Waals surface area contributed by atoms with E-state index >= 15 is 0 Å². The Balaban J connectivity index is 1.31. The van der Waals surface area contributed by atoms with E-state index < -0.39 is 0 Å². The van der Waals surface area contributed by atoms with Crippen LogP contribution in [0.3, 0.4) is 0 Å². The van der Waals surface area contributed by atoms with E-state index in [9.17, 15) is 9.59 Å². The number of carbonyl (C=O) groups excluding carboxylic acids is 2. The standard InChI is InChI=1S/C23H21ClN6O3S/c1-29(13-19-11-12-20(33-19)15-3-7-17(24)8-4-15)22(32)16-5-9-18(10-6-16)25-21(31)14-34-23-26-27-28-30(23)2/h3-12H,13-14H2,1-2H3,(H,25,31). The van der Waals surface area contributed by atoms with Crippen LogP contribution in [0.5, 0.6) is 0 Å². The summed E-state index contributed by atoms with van der Waals surface area (Å²) in [6, 6.07) is 17.8. The number of carbonyl (C=O) groups is 2. The van der Waals surface area contributed by atoms with Crippen molar-refractivity contribution < 1.29 is 14.0 Å². The van der Waals surface area contributed by atoms with Gasteiger partial charge in [-0.1, -0.05) is 23.4 Å². The van der Waals surface area contributed by atoms with Crippen LogP contribution in [0.25, 0.3) is 11.3 Å². The molecule has 0 bridgehead atoms. The predicted octanol–water partition coefficient (Wildman–Crippen LogP) is 4.13. The Hall–Kier alpha value is -3.63. The number of tetrazole rings is 1. The Bertz CT molecular complexity index is 1290. The van der Waals surface area contributed by atoms with Gasteiger partial charge in [-0.15, -0.1) is 5.10 Å². The van der Waals surface area contributed by atoms with E-state index in [1.54, 1.807) is 55.4 Å². The van der Waals surface area contributed by atoms with Gasteiger partial charge in [0.25, 0.3) is 5.91 Å². The minimum atomic E-state index is -0.196. The fraction of sp³-hybridized carbons (Fsp3) is 0.174. The molecule has 9 nitrogen and oxygen atoms in total. The number of halogens is 1. The molecule has 34 heavy (non-hydrogen) atoms. The molecule has 1 N–H and O–H groups in total. The smallest absolute Gasteiger partial charge is 0.254 e. The van der Waals surface area contributed by atoms with Crippen molar-refractivity contribution in [3.05, 3.63) is 77.0 Å². The molecule has 4 rings (SSSR count). The Morgan fingerprint density at radius 2 is 1.82 bits per heavy atom. The fourth-order valence-electron chi connectivity index (χ4n) is 3.12. The number of aryl methyl sites for hydroxylation is 1. The molecule has 0 saturated carbocycles. The number of nitrogens with one attached hydrogen (secondary N) is 1. The molecule has 0 aliphatic heterocycles. The maximum absolute atomic E-state index is 12.8. The predicted molar refractivity (Wildman–Crippen MR) is 130 cm³/mol. The molecule has 0 atom stereocenters. The fourth-order valence-corrected chi connectivity index (χ4v) is 3.90. The van der Waals surface area contributed by atoms with Gasteiger partial charge in [-0.25, -0.2) is 4.68 Å². The second kappa shape index (κ2) is 10.5. The topological polar surface area (TPSA) is 106 Å². The number of amides is 2. The maximum Gasteiger partial charge on any atom is 0.254 e. The van der Waals surface area contributed by atoms with E-state index in [0.29, 0.717) is 39.5 Å². The molecule has 2 amide bonds. The molecule has 2 aromatic carbocycles. The third-order valence-electron chi connectivity index (χ3n) is 4.86. The summed E-state index contributed by atoms with van der Waals surface area (Å²) < 4.78 is 7.38. The van der Waals surface area contributed by atoms with E-state index in [1.165, 1.54) is 16.4 Å². The van der Waals surface area contributed by atoms with E-state index in [-0.39, 0.29) is 17.6 Å². The summed E-state index contributed by atoms with van der Waals surface area (Å²) in [5.74, 6) is 1.19. The summed E-state index contributed by atoms with van der Waals surface area (Å²) in [7, 11) is 3.42. The Morgan fingerprint density at radius 3 is 2.50 bits per heavy atom. The lowest BCUT2D eigenvalue weighted by Crippen LogP contribution is -2.26. The van der Waals surface area contributed by atoms with Crippen LogP contribution >= 0.6 is 23.4 Å². The molecule has 0 aliphatic carbocycles. The van der Waals surface area contributed by atoms with Crippen molar-refractivity contribution in [1.29, 1.82) is 0 Å². The molecule has 0 spiro atoms. The summed E-state index contributed by atoms with van der Waals surface area (Å²) >= 11 is 7.17. The van der Waals surface area contributed by atoms with Crippen LogP contribution in [0.15, 0.2) is 70.2 Å². The molecule has 0 aliphatic rings. The first-order valence-electron chi connectivity index (χ1n) is 10.2. The second-order valence-corrected chi connectivity index (χ2v) is 8.81. The van der Waals surface area contributed by atoms with Crippen molar-refractivity contribution >= 4 is 40.9 Å². The highest BCUT2D eigenvalue weighted by Gasteiger charge is 2.15. The van der Waals surface area contributed by atoms with Crippen molar-refractivity contribution in [3.8, 4) is 11.3 Å². The van der Waals surface area contributed by atoms with Gasteiger partial charge in [-0.3, -0.25) is 9.59 Å². The number of thioether (sulfide) groups is 1.